The van der Waals surface area contributed by atoms with Crippen LogP contribution in [0.4, 0.5) is 5.69 Å². The number of rotatable bonds is 7. The highest BCUT2D eigenvalue weighted by Gasteiger charge is 2.60. The fourth-order valence-corrected chi connectivity index (χ4v) is 7.85. The van der Waals surface area contributed by atoms with Gasteiger partial charge in [0, 0.05) is 21.0 Å². The molecule has 2 bridgehead atoms. The predicted molar refractivity (Wildman–Crippen MR) is 177 cm³/mol. The number of hydrogen-bond donors (Lipinski definition) is 0. The van der Waals surface area contributed by atoms with Gasteiger partial charge in [-0.1, -0.05) is 47.5 Å². The third-order valence-corrected chi connectivity index (χ3v) is 10.8. The number of anilines is 1. The summed E-state index contributed by atoms with van der Waals surface area (Å²) in [6, 6.07) is 16.9. The third-order valence-electron chi connectivity index (χ3n) is 9.47. The first-order valence-electron chi connectivity index (χ1n) is 14.9. The van der Waals surface area contributed by atoms with Gasteiger partial charge in [-0.05, 0) is 90.0 Å². The normalized spacial score (nSPS) is 21.5. The van der Waals surface area contributed by atoms with Crippen LogP contribution in [0, 0.1) is 30.6 Å². The van der Waals surface area contributed by atoms with Gasteiger partial charge in [-0.25, -0.2) is 9.78 Å². The number of esters is 1. The first-order valence-corrected chi connectivity index (χ1v) is 16.0. The molecule has 0 spiro atoms. The van der Waals surface area contributed by atoms with Crippen LogP contribution in [-0.2, 0) is 14.3 Å². The molecule has 2 amide bonds. The Kier molecular flexibility index (Phi) is 7.56. The molecule has 3 aliphatic rings. The van der Waals surface area contributed by atoms with Crippen molar-refractivity contribution < 1.29 is 28.7 Å². The summed E-state index contributed by atoms with van der Waals surface area (Å²) in [5.41, 5.74) is 4.54. The molecule has 2 aliphatic carbocycles. The van der Waals surface area contributed by atoms with E-state index in [1.807, 2.05) is 13.8 Å². The van der Waals surface area contributed by atoms with Gasteiger partial charge >= 0.3 is 5.97 Å². The van der Waals surface area contributed by atoms with E-state index in [4.69, 9.17) is 26.1 Å². The summed E-state index contributed by atoms with van der Waals surface area (Å²) < 4.78 is 11.3. The molecule has 2 heterocycles. The topological polar surface area (TPSA) is 103 Å². The van der Waals surface area contributed by atoms with E-state index < -0.39 is 12.6 Å². The zero-order valence-corrected chi connectivity index (χ0v) is 27.5. The van der Waals surface area contributed by atoms with E-state index >= 15 is 0 Å². The number of amides is 2. The van der Waals surface area contributed by atoms with Gasteiger partial charge in [-0.2, -0.15) is 0 Å². The molecule has 7 rings (SSSR count). The van der Waals surface area contributed by atoms with Crippen molar-refractivity contribution >= 4 is 67.7 Å². The second-order valence-electron chi connectivity index (χ2n) is 12.0. The van der Waals surface area contributed by atoms with Gasteiger partial charge in [-0.15, -0.1) is 0 Å². The molecule has 232 valence electrons. The van der Waals surface area contributed by atoms with Crippen LogP contribution in [-0.4, -0.2) is 42.3 Å². The number of Topliss-reactive ketones (excluding diaryl/α,β-unsaturated/α-hetero) is 1. The highest BCUT2D eigenvalue weighted by molar-refractivity contribution is 9.10. The number of fused-ring (bicyclic) bond motifs is 6. The number of carbonyl (C=O) groups excluding carboxylic acids is 4. The Morgan fingerprint density at radius 2 is 1.76 bits per heavy atom. The largest absolute Gasteiger partial charge is 0.497 e. The van der Waals surface area contributed by atoms with Crippen molar-refractivity contribution in [2.45, 2.75) is 20.3 Å². The van der Waals surface area contributed by atoms with Crippen LogP contribution >= 0.6 is 27.5 Å². The fraction of sp³-hybridized carbons (Fsp3) is 0.250. The van der Waals surface area contributed by atoms with Crippen molar-refractivity contribution in [2.75, 3.05) is 18.6 Å². The van der Waals surface area contributed by atoms with E-state index in [0.717, 1.165) is 6.42 Å². The molecular weight excluding hydrogens is 672 g/mol. The molecule has 1 aromatic heterocycles. The van der Waals surface area contributed by atoms with Crippen molar-refractivity contribution in [2.24, 2.45) is 23.7 Å². The van der Waals surface area contributed by atoms with E-state index in [1.54, 1.807) is 60.7 Å². The molecule has 4 atom stereocenters. The average molecular weight is 700 g/mol. The molecule has 1 saturated heterocycles. The number of allylic oxidation sites excluding steroid dienone is 2. The Morgan fingerprint density at radius 3 is 2.50 bits per heavy atom. The first kappa shape index (κ1) is 30.3. The second-order valence-corrected chi connectivity index (χ2v) is 13.2. The summed E-state index contributed by atoms with van der Waals surface area (Å²) in [6.07, 6.45) is 3.03. The number of halogens is 2. The molecule has 1 aliphatic heterocycles. The van der Waals surface area contributed by atoms with Crippen molar-refractivity contribution in [1.82, 2.24) is 4.98 Å². The molecule has 8 nitrogen and oxygen atoms in total. The number of ether oxygens (including phenoxy) is 2. The molecule has 2 fully saturated rings. The zero-order chi connectivity index (χ0) is 32.4. The number of imide groups is 1. The van der Waals surface area contributed by atoms with Crippen molar-refractivity contribution in [3.63, 3.8) is 0 Å². The number of nitrogens with zero attached hydrogens (tertiary/aromatic N) is 2. The molecule has 0 N–H and O–H groups in total. The van der Waals surface area contributed by atoms with E-state index in [1.165, 1.54) is 17.6 Å². The number of carbonyl (C=O) groups is 4. The molecule has 4 unspecified atom stereocenters. The smallest absolute Gasteiger partial charge is 0.339 e. The molecule has 1 saturated carbocycles. The van der Waals surface area contributed by atoms with Crippen LogP contribution < -0.4 is 9.64 Å². The Hall–Kier alpha value is -4.34. The Bertz CT molecular complexity index is 2020. The molecule has 46 heavy (non-hydrogen) atoms. The number of aryl methyl sites for hydroxylation is 1. The monoisotopic (exact) mass is 698 g/mol. The number of benzene rings is 3. The van der Waals surface area contributed by atoms with Crippen molar-refractivity contribution in [1.29, 1.82) is 0 Å². The lowest BCUT2D eigenvalue weighted by molar-refractivity contribution is -0.123. The van der Waals surface area contributed by atoms with Gasteiger partial charge < -0.3 is 9.47 Å². The summed E-state index contributed by atoms with van der Waals surface area (Å²) >= 11 is 10.0. The molecule has 4 aromatic rings. The number of methoxy groups -OCH3 is 1. The summed E-state index contributed by atoms with van der Waals surface area (Å²) in [5.74, 6) is -1.17. The van der Waals surface area contributed by atoms with Crippen LogP contribution in [0.5, 0.6) is 5.75 Å². The lowest BCUT2D eigenvalue weighted by atomic mass is 9.82. The first-order chi connectivity index (χ1) is 22.1. The van der Waals surface area contributed by atoms with E-state index in [-0.39, 0.29) is 46.8 Å². The maximum atomic E-state index is 13.5. The van der Waals surface area contributed by atoms with Crippen LogP contribution in [0.15, 0.2) is 76.8 Å². The van der Waals surface area contributed by atoms with Crippen molar-refractivity contribution in [3.8, 4) is 17.0 Å². The highest BCUT2D eigenvalue weighted by Crippen LogP contribution is 2.56. The highest BCUT2D eigenvalue weighted by atomic mass is 79.9. The Labute approximate surface area is 278 Å². The maximum Gasteiger partial charge on any atom is 0.339 e. The minimum Gasteiger partial charge on any atom is -0.497 e. The zero-order valence-electron chi connectivity index (χ0n) is 25.2. The Balaban J connectivity index is 1.20. The van der Waals surface area contributed by atoms with Gasteiger partial charge in [0.25, 0.3) is 0 Å². The number of hydrogen-bond acceptors (Lipinski definition) is 7. The van der Waals surface area contributed by atoms with Gasteiger partial charge in [-0.3, -0.25) is 19.3 Å². The van der Waals surface area contributed by atoms with Gasteiger partial charge in [0.15, 0.2) is 12.4 Å². The van der Waals surface area contributed by atoms with Gasteiger partial charge in [0.2, 0.25) is 11.8 Å². The molecule has 0 radical (unpaired) electrons. The average Bonchev–Trinajstić information content (AvgIpc) is 3.71. The third kappa shape index (κ3) is 4.84. The summed E-state index contributed by atoms with van der Waals surface area (Å²) in [6.45, 7) is 3.38. The predicted octanol–water partition coefficient (Wildman–Crippen LogP) is 7.38. The lowest BCUT2D eigenvalue weighted by Crippen LogP contribution is -2.32. The quantitative estimate of drug-likeness (QED) is 0.0859. The van der Waals surface area contributed by atoms with Gasteiger partial charge in [0.05, 0.1) is 46.4 Å². The summed E-state index contributed by atoms with van der Waals surface area (Å²) in [5, 5.41) is 0.960. The minimum atomic E-state index is -0.700. The lowest BCUT2D eigenvalue weighted by Gasteiger charge is -2.19. The second kappa shape index (κ2) is 11.5. The van der Waals surface area contributed by atoms with E-state index in [0.29, 0.717) is 54.2 Å². The Morgan fingerprint density at radius 1 is 1.02 bits per heavy atom. The fourth-order valence-electron chi connectivity index (χ4n) is 7.18. The van der Waals surface area contributed by atoms with Crippen LogP contribution in [0.2, 0.25) is 5.02 Å². The van der Waals surface area contributed by atoms with Crippen LogP contribution in [0.3, 0.4) is 0 Å². The molecule has 3 aromatic carbocycles. The summed E-state index contributed by atoms with van der Waals surface area (Å²) in [7, 11) is 1.51. The SMILES string of the molecule is COc1cccc(C(=O)COC(=O)c2cc(-c3ccc(N4C(=O)C5C6C=C(C)C(C6)C5C4=O)cc3)nc3c(C)c(Cl)c(Br)cc23)c1. The number of ketones is 1. The number of aromatic nitrogens is 1. The molecule has 10 heteroatoms. The number of pyridine rings is 1. The maximum absolute atomic E-state index is 13.5. The van der Waals surface area contributed by atoms with Crippen molar-refractivity contribution in [3.05, 3.63) is 98.5 Å². The summed E-state index contributed by atoms with van der Waals surface area (Å²) in [4.78, 5) is 59.4. The van der Waals surface area contributed by atoms with E-state index in [9.17, 15) is 19.2 Å². The van der Waals surface area contributed by atoms with E-state index in [2.05, 4.69) is 22.0 Å². The van der Waals surface area contributed by atoms with Crippen LogP contribution in [0.25, 0.3) is 22.2 Å². The minimum absolute atomic E-state index is 0.122. The standard InChI is InChI=1S/C36H28BrClN2O6/c1-17-11-21-13-24(17)31-30(21)34(42)40(35(31)43)22-9-7-19(8-10-22)28-15-26(25-14-27(37)32(38)18(2)33(25)39-28)36(44)46-16-29(41)20-5-4-6-23(12-20)45-3/h4-12,14-15,21,24,30-31H,13,16H2,1-3H3. The van der Waals surface area contributed by atoms with Gasteiger partial charge in [0.1, 0.15) is 5.75 Å². The van der Waals surface area contributed by atoms with Crippen LogP contribution in [0.1, 0.15) is 39.6 Å². The molecular formula is C36H28BrClN2O6.